The van der Waals surface area contributed by atoms with Gasteiger partial charge < -0.3 is 13.8 Å². The Morgan fingerprint density at radius 3 is 2.65 bits per heavy atom. The van der Waals surface area contributed by atoms with Crippen LogP contribution in [-0.2, 0) is 21.3 Å². The van der Waals surface area contributed by atoms with Crippen molar-refractivity contribution < 1.29 is 17.7 Å². The van der Waals surface area contributed by atoms with Crippen molar-refractivity contribution in [2.75, 3.05) is 26.3 Å². The molecule has 1 aromatic carbocycles. The lowest BCUT2D eigenvalue weighted by atomic mass is 10.2. The molecule has 0 aliphatic carbocycles. The predicted octanol–water partition coefficient (Wildman–Crippen LogP) is 1.00. The summed E-state index contributed by atoms with van der Waals surface area (Å²) in [5, 5.41) is 3.94. The van der Waals surface area contributed by atoms with Crippen LogP contribution in [0.4, 0.5) is 0 Å². The van der Waals surface area contributed by atoms with Crippen LogP contribution < -0.4 is 0 Å². The quantitative estimate of drug-likeness (QED) is 0.655. The first kappa shape index (κ1) is 16.9. The third kappa shape index (κ3) is 3.39. The van der Waals surface area contributed by atoms with E-state index in [0.29, 0.717) is 38.0 Å². The van der Waals surface area contributed by atoms with E-state index in [0.717, 1.165) is 5.56 Å². The second-order valence-electron chi connectivity index (χ2n) is 5.78. The lowest BCUT2D eigenvalue weighted by Gasteiger charge is -2.24. The second-order valence-corrected chi connectivity index (χ2v) is 7.67. The van der Waals surface area contributed by atoms with E-state index in [1.54, 1.807) is 4.57 Å². The van der Waals surface area contributed by atoms with E-state index in [4.69, 9.17) is 9.26 Å². The fourth-order valence-electron chi connectivity index (χ4n) is 2.66. The summed E-state index contributed by atoms with van der Waals surface area (Å²) in [4.78, 5) is 8.36. The molecule has 1 aliphatic rings. The Morgan fingerprint density at radius 2 is 1.88 bits per heavy atom. The Kier molecular flexibility index (Phi) is 4.53. The molecule has 1 aliphatic heterocycles. The van der Waals surface area contributed by atoms with Crippen molar-refractivity contribution >= 4 is 10.0 Å². The molecule has 2 aromatic heterocycles. The van der Waals surface area contributed by atoms with Gasteiger partial charge in [-0.1, -0.05) is 23.4 Å². The van der Waals surface area contributed by atoms with Crippen LogP contribution >= 0.6 is 0 Å². The van der Waals surface area contributed by atoms with Gasteiger partial charge in [0.15, 0.2) is 10.9 Å². The molecule has 136 valence electrons. The molecule has 10 heteroatoms. The average Bonchev–Trinajstić information content (AvgIpc) is 3.34. The van der Waals surface area contributed by atoms with Gasteiger partial charge >= 0.3 is 0 Å². The minimum Gasteiger partial charge on any atom is -0.379 e. The second kappa shape index (κ2) is 6.98. The summed E-state index contributed by atoms with van der Waals surface area (Å²) in [7, 11) is -3.61. The van der Waals surface area contributed by atoms with Crippen LogP contribution in [0.25, 0.3) is 11.5 Å². The Hall–Kier alpha value is -2.56. The molecule has 1 fully saturated rings. The average molecular weight is 375 g/mol. The van der Waals surface area contributed by atoms with Gasteiger partial charge in [-0.15, -0.1) is 0 Å². The minimum atomic E-state index is -3.61. The van der Waals surface area contributed by atoms with Gasteiger partial charge in [0, 0.05) is 24.8 Å². The molecule has 0 N–H and O–H groups in total. The fraction of sp³-hybridized carbons (Fsp3) is 0.312. The summed E-state index contributed by atoms with van der Waals surface area (Å²) in [6.07, 6.45) is 2.93. The molecule has 3 heterocycles. The monoisotopic (exact) mass is 375 g/mol. The molecule has 1 saturated heterocycles. The third-order valence-corrected chi connectivity index (χ3v) is 5.78. The van der Waals surface area contributed by atoms with Crippen LogP contribution in [0.15, 0.2) is 52.4 Å². The van der Waals surface area contributed by atoms with Gasteiger partial charge in [0.1, 0.15) is 0 Å². The number of rotatable bonds is 5. The molecule has 9 nitrogen and oxygen atoms in total. The molecule has 0 unspecified atom stereocenters. The van der Waals surface area contributed by atoms with E-state index in [1.165, 1.54) is 16.8 Å². The molecule has 0 saturated carbocycles. The van der Waals surface area contributed by atoms with E-state index >= 15 is 0 Å². The standard InChI is InChI=1S/C16H17N5O4S/c22-26(23,21-6-8-24-9-7-21)15-11-20(12-17-15)10-14-18-16(25-19-14)13-4-2-1-3-5-13/h1-5,11-12H,6-10H2. The maximum atomic E-state index is 12.6. The minimum absolute atomic E-state index is 0.00572. The zero-order chi connectivity index (χ0) is 18.0. The number of hydrogen-bond donors (Lipinski definition) is 0. The maximum absolute atomic E-state index is 12.6. The number of hydrogen-bond acceptors (Lipinski definition) is 7. The molecule has 0 amide bonds. The first-order valence-electron chi connectivity index (χ1n) is 8.10. The van der Waals surface area contributed by atoms with Gasteiger partial charge in [-0.2, -0.15) is 9.29 Å². The normalized spacial score (nSPS) is 16.0. The van der Waals surface area contributed by atoms with Gasteiger partial charge in [0.25, 0.3) is 15.9 Å². The number of ether oxygens (including phenoxy) is 1. The Balaban J connectivity index is 1.50. The molecule has 26 heavy (non-hydrogen) atoms. The summed E-state index contributed by atoms with van der Waals surface area (Å²) in [5.41, 5.74) is 0.826. The van der Waals surface area contributed by atoms with Crippen LogP contribution in [0.2, 0.25) is 0 Å². The molecule has 4 rings (SSSR count). The number of imidazole rings is 1. The number of sulfonamides is 1. The van der Waals surface area contributed by atoms with Gasteiger partial charge in [0.2, 0.25) is 0 Å². The van der Waals surface area contributed by atoms with E-state index in [-0.39, 0.29) is 11.6 Å². The van der Waals surface area contributed by atoms with Crippen LogP contribution in [0.5, 0.6) is 0 Å². The van der Waals surface area contributed by atoms with Crippen molar-refractivity contribution in [2.45, 2.75) is 11.6 Å². The third-order valence-electron chi connectivity index (χ3n) is 4.00. The SMILES string of the molecule is O=S(=O)(c1cn(Cc2noc(-c3ccccc3)n2)cn1)N1CCOCC1. The summed E-state index contributed by atoms with van der Waals surface area (Å²) in [6, 6.07) is 9.43. The molecule has 0 bridgehead atoms. The topological polar surface area (TPSA) is 103 Å². The summed E-state index contributed by atoms with van der Waals surface area (Å²) in [5.74, 6) is 0.860. The number of morpholine rings is 1. The highest BCUT2D eigenvalue weighted by molar-refractivity contribution is 7.89. The van der Waals surface area contributed by atoms with E-state index in [2.05, 4.69) is 15.1 Å². The lowest BCUT2D eigenvalue weighted by molar-refractivity contribution is 0.0729. The Bertz CT molecular complexity index is 977. The molecule has 0 radical (unpaired) electrons. The number of nitrogens with zero attached hydrogens (tertiary/aromatic N) is 5. The zero-order valence-electron chi connectivity index (χ0n) is 13.9. The van der Waals surface area contributed by atoms with Crippen LogP contribution in [0.1, 0.15) is 5.82 Å². The number of benzene rings is 1. The summed E-state index contributed by atoms with van der Waals surface area (Å²) >= 11 is 0. The lowest BCUT2D eigenvalue weighted by Crippen LogP contribution is -2.40. The zero-order valence-corrected chi connectivity index (χ0v) is 14.7. The van der Waals surface area contributed by atoms with Gasteiger partial charge in [0.05, 0.1) is 26.1 Å². The molecule has 3 aromatic rings. The maximum Gasteiger partial charge on any atom is 0.262 e. The highest BCUT2D eigenvalue weighted by Crippen LogP contribution is 2.18. The molecule has 0 atom stereocenters. The first-order valence-corrected chi connectivity index (χ1v) is 9.54. The highest BCUT2D eigenvalue weighted by Gasteiger charge is 2.28. The largest absolute Gasteiger partial charge is 0.379 e. The van der Waals surface area contributed by atoms with E-state index in [1.807, 2.05) is 30.3 Å². The molecular formula is C16H17N5O4S. The van der Waals surface area contributed by atoms with Gasteiger partial charge in [-0.3, -0.25) is 0 Å². The molecule has 0 spiro atoms. The van der Waals surface area contributed by atoms with Crippen LogP contribution in [0.3, 0.4) is 0 Å². The highest BCUT2D eigenvalue weighted by atomic mass is 32.2. The van der Waals surface area contributed by atoms with E-state index in [9.17, 15) is 8.42 Å². The first-order chi connectivity index (χ1) is 12.6. The summed E-state index contributed by atoms with van der Waals surface area (Å²) in [6.45, 7) is 1.72. The van der Waals surface area contributed by atoms with Crippen molar-refractivity contribution in [1.82, 2.24) is 24.0 Å². The van der Waals surface area contributed by atoms with Crippen LogP contribution in [0, 0.1) is 0 Å². The van der Waals surface area contributed by atoms with Gasteiger partial charge in [-0.05, 0) is 12.1 Å². The van der Waals surface area contributed by atoms with Crippen molar-refractivity contribution in [3.05, 3.63) is 48.7 Å². The summed E-state index contributed by atoms with van der Waals surface area (Å²) < 4.78 is 38.6. The van der Waals surface area contributed by atoms with E-state index < -0.39 is 10.0 Å². The van der Waals surface area contributed by atoms with Crippen LogP contribution in [-0.4, -0.2) is 58.7 Å². The molecular weight excluding hydrogens is 358 g/mol. The Labute approximate surface area is 150 Å². The Morgan fingerprint density at radius 1 is 1.12 bits per heavy atom. The van der Waals surface area contributed by atoms with Crippen molar-refractivity contribution in [3.63, 3.8) is 0 Å². The number of aromatic nitrogens is 4. The van der Waals surface area contributed by atoms with Crippen molar-refractivity contribution in [1.29, 1.82) is 0 Å². The van der Waals surface area contributed by atoms with Gasteiger partial charge in [-0.25, -0.2) is 13.4 Å². The smallest absolute Gasteiger partial charge is 0.262 e. The van der Waals surface area contributed by atoms with Crippen molar-refractivity contribution in [3.8, 4) is 11.5 Å². The predicted molar refractivity (Wildman–Crippen MR) is 90.6 cm³/mol. The van der Waals surface area contributed by atoms with Crippen molar-refractivity contribution in [2.24, 2.45) is 0 Å². The fourth-order valence-corrected chi connectivity index (χ4v) is 4.00.